The lowest BCUT2D eigenvalue weighted by Crippen LogP contribution is -2.27. The summed E-state index contributed by atoms with van der Waals surface area (Å²) in [6.07, 6.45) is 1.97. The number of aromatic amines is 1. The quantitative estimate of drug-likeness (QED) is 0.630. The molecule has 0 aliphatic carbocycles. The van der Waals surface area contributed by atoms with Crippen molar-refractivity contribution in [3.05, 3.63) is 87.8 Å². The van der Waals surface area contributed by atoms with Crippen LogP contribution in [0.25, 0.3) is 5.69 Å². The van der Waals surface area contributed by atoms with E-state index in [-0.39, 0.29) is 17.0 Å². The van der Waals surface area contributed by atoms with E-state index in [4.69, 9.17) is 5.11 Å². The van der Waals surface area contributed by atoms with Crippen molar-refractivity contribution >= 4 is 11.9 Å². The number of carboxylic acid groups (broad SMARTS) is 1. The summed E-state index contributed by atoms with van der Waals surface area (Å²) >= 11 is 0. The average molecular weight is 351 g/mol. The van der Waals surface area contributed by atoms with E-state index in [0.717, 1.165) is 0 Å². The first-order chi connectivity index (χ1) is 12.6. The fraction of sp³-hybridized carbons (Fsp3) is 0.105. The summed E-state index contributed by atoms with van der Waals surface area (Å²) in [7, 11) is 0. The van der Waals surface area contributed by atoms with Gasteiger partial charge in [0.05, 0.1) is 11.3 Å². The van der Waals surface area contributed by atoms with E-state index in [9.17, 15) is 14.4 Å². The van der Waals surface area contributed by atoms with E-state index in [1.165, 1.54) is 16.8 Å². The molecule has 0 spiro atoms. The van der Waals surface area contributed by atoms with E-state index in [1.54, 1.807) is 42.6 Å². The highest BCUT2D eigenvalue weighted by Gasteiger charge is 2.10. The molecule has 1 aromatic heterocycles. The normalized spacial score (nSPS) is 10.5. The van der Waals surface area contributed by atoms with Gasteiger partial charge in [-0.25, -0.2) is 9.48 Å². The third-order valence-electron chi connectivity index (χ3n) is 3.93. The molecule has 0 radical (unpaired) electrons. The Balaban J connectivity index is 1.65. The van der Waals surface area contributed by atoms with Gasteiger partial charge in [0.15, 0.2) is 0 Å². The van der Waals surface area contributed by atoms with Crippen LogP contribution in [-0.2, 0) is 6.42 Å². The van der Waals surface area contributed by atoms with E-state index >= 15 is 0 Å². The summed E-state index contributed by atoms with van der Waals surface area (Å²) in [6, 6.07) is 14.8. The standard InChI is InChI=1S/C19H17N3O4/c23-17(13-4-2-1-3-5-13)20-11-10-15-12-21-22(18(15)24)16-8-6-14(7-9-16)19(25)26/h1-9,12,21H,10-11H2,(H,20,23)(H,25,26). The zero-order valence-corrected chi connectivity index (χ0v) is 13.8. The molecular weight excluding hydrogens is 334 g/mol. The molecule has 0 unspecified atom stereocenters. The molecule has 7 heteroatoms. The first-order valence-corrected chi connectivity index (χ1v) is 8.02. The van der Waals surface area contributed by atoms with Crippen LogP contribution in [-0.4, -0.2) is 33.3 Å². The number of nitrogens with one attached hydrogen (secondary N) is 2. The van der Waals surface area contributed by atoms with Crippen LogP contribution in [0.4, 0.5) is 0 Å². The maximum Gasteiger partial charge on any atom is 0.335 e. The third kappa shape index (κ3) is 3.72. The molecule has 0 aliphatic heterocycles. The van der Waals surface area contributed by atoms with Gasteiger partial charge in [-0.15, -0.1) is 0 Å². The van der Waals surface area contributed by atoms with Gasteiger partial charge in [0.2, 0.25) is 0 Å². The van der Waals surface area contributed by atoms with Crippen LogP contribution in [0.5, 0.6) is 0 Å². The van der Waals surface area contributed by atoms with Crippen LogP contribution in [0.15, 0.2) is 65.6 Å². The molecule has 0 saturated carbocycles. The number of benzene rings is 2. The Morgan fingerprint density at radius 2 is 1.69 bits per heavy atom. The van der Waals surface area contributed by atoms with E-state index in [0.29, 0.717) is 29.8 Å². The van der Waals surface area contributed by atoms with Gasteiger partial charge >= 0.3 is 5.97 Å². The molecule has 1 heterocycles. The molecule has 3 rings (SSSR count). The predicted molar refractivity (Wildman–Crippen MR) is 95.8 cm³/mol. The summed E-state index contributed by atoms with van der Waals surface area (Å²) in [5, 5.41) is 14.5. The minimum Gasteiger partial charge on any atom is -0.478 e. The maximum absolute atomic E-state index is 12.4. The smallest absolute Gasteiger partial charge is 0.335 e. The van der Waals surface area contributed by atoms with Gasteiger partial charge in [-0.3, -0.25) is 14.7 Å². The largest absolute Gasteiger partial charge is 0.478 e. The number of rotatable bonds is 6. The van der Waals surface area contributed by atoms with Crippen molar-refractivity contribution < 1.29 is 14.7 Å². The second kappa shape index (κ2) is 7.52. The number of aromatic nitrogens is 2. The molecule has 0 saturated heterocycles. The van der Waals surface area contributed by atoms with Crippen LogP contribution in [0.1, 0.15) is 26.3 Å². The van der Waals surface area contributed by atoms with Gasteiger partial charge in [0.25, 0.3) is 11.5 Å². The molecule has 0 atom stereocenters. The summed E-state index contributed by atoms with van der Waals surface area (Å²) in [4.78, 5) is 35.3. The monoisotopic (exact) mass is 351 g/mol. The zero-order chi connectivity index (χ0) is 18.5. The third-order valence-corrected chi connectivity index (χ3v) is 3.93. The highest BCUT2D eigenvalue weighted by Crippen LogP contribution is 2.08. The van der Waals surface area contributed by atoms with Crippen LogP contribution < -0.4 is 10.9 Å². The summed E-state index contributed by atoms with van der Waals surface area (Å²) in [5.74, 6) is -1.21. The molecule has 3 N–H and O–H groups in total. The van der Waals surface area contributed by atoms with E-state index in [1.807, 2.05) is 6.07 Å². The first-order valence-electron chi connectivity index (χ1n) is 8.02. The Kier molecular flexibility index (Phi) is 4.98. The molecular formula is C19H17N3O4. The number of nitrogens with zero attached hydrogens (tertiary/aromatic N) is 1. The minimum atomic E-state index is -1.02. The number of hydrogen-bond acceptors (Lipinski definition) is 3. The van der Waals surface area contributed by atoms with Crippen molar-refractivity contribution in [1.82, 2.24) is 15.1 Å². The Hall–Kier alpha value is -3.61. The van der Waals surface area contributed by atoms with Gasteiger partial charge in [-0.05, 0) is 42.8 Å². The first kappa shape index (κ1) is 17.2. The highest BCUT2D eigenvalue weighted by atomic mass is 16.4. The number of amides is 1. The number of carboxylic acids is 1. The molecule has 26 heavy (non-hydrogen) atoms. The summed E-state index contributed by atoms with van der Waals surface area (Å²) in [5.41, 5.74) is 1.55. The lowest BCUT2D eigenvalue weighted by molar-refractivity contribution is 0.0696. The second-order valence-electron chi connectivity index (χ2n) is 5.66. The van der Waals surface area contributed by atoms with Crippen LogP contribution in [0, 0.1) is 0 Å². The number of aromatic carboxylic acids is 1. The van der Waals surface area contributed by atoms with Gasteiger partial charge in [-0.2, -0.15) is 0 Å². The molecule has 132 valence electrons. The number of hydrogen-bond donors (Lipinski definition) is 3. The predicted octanol–water partition coefficient (Wildman–Crippen LogP) is 1.84. The van der Waals surface area contributed by atoms with E-state index in [2.05, 4.69) is 10.4 Å². The Labute approximate surface area is 148 Å². The van der Waals surface area contributed by atoms with Gasteiger partial charge in [-0.1, -0.05) is 18.2 Å². The van der Waals surface area contributed by atoms with Crippen LogP contribution >= 0.6 is 0 Å². The fourth-order valence-electron chi connectivity index (χ4n) is 2.53. The van der Waals surface area contributed by atoms with Crippen molar-refractivity contribution in [3.8, 4) is 5.69 Å². The molecule has 1 amide bonds. The van der Waals surface area contributed by atoms with Crippen molar-refractivity contribution in [1.29, 1.82) is 0 Å². The highest BCUT2D eigenvalue weighted by molar-refractivity contribution is 5.94. The SMILES string of the molecule is O=C(O)c1ccc(-n2[nH]cc(CCNC(=O)c3ccccc3)c2=O)cc1. The molecule has 0 fully saturated rings. The van der Waals surface area contributed by atoms with Crippen LogP contribution in [0.2, 0.25) is 0 Å². The molecule has 2 aromatic carbocycles. The molecule has 7 nitrogen and oxygen atoms in total. The lowest BCUT2D eigenvalue weighted by Gasteiger charge is -2.04. The summed E-state index contributed by atoms with van der Waals surface area (Å²) in [6.45, 7) is 0.332. The van der Waals surface area contributed by atoms with Gasteiger partial charge in [0, 0.05) is 23.9 Å². The van der Waals surface area contributed by atoms with Crippen molar-refractivity contribution in [2.75, 3.05) is 6.54 Å². The van der Waals surface area contributed by atoms with Crippen LogP contribution in [0.3, 0.4) is 0 Å². The Morgan fingerprint density at radius 1 is 1.00 bits per heavy atom. The van der Waals surface area contributed by atoms with Gasteiger partial charge in [0.1, 0.15) is 0 Å². The number of carbonyl (C=O) groups excluding carboxylic acids is 1. The molecule has 3 aromatic rings. The summed E-state index contributed by atoms with van der Waals surface area (Å²) < 4.78 is 1.33. The number of H-pyrrole nitrogens is 1. The van der Waals surface area contributed by atoms with Crippen molar-refractivity contribution in [3.63, 3.8) is 0 Å². The van der Waals surface area contributed by atoms with Crippen molar-refractivity contribution in [2.24, 2.45) is 0 Å². The molecule has 0 bridgehead atoms. The van der Waals surface area contributed by atoms with Gasteiger partial charge < -0.3 is 10.4 Å². The van der Waals surface area contributed by atoms with Crippen molar-refractivity contribution in [2.45, 2.75) is 6.42 Å². The average Bonchev–Trinajstić information content (AvgIpc) is 3.03. The zero-order valence-electron chi connectivity index (χ0n) is 13.8. The Bertz CT molecular complexity index is 972. The topological polar surface area (TPSA) is 104 Å². The maximum atomic E-state index is 12.4. The fourth-order valence-corrected chi connectivity index (χ4v) is 2.53. The Morgan fingerprint density at radius 3 is 2.35 bits per heavy atom. The lowest BCUT2D eigenvalue weighted by atomic mass is 10.2. The second-order valence-corrected chi connectivity index (χ2v) is 5.66. The minimum absolute atomic E-state index is 0.150. The number of carbonyl (C=O) groups is 2. The van der Waals surface area contributed by atoms with E-state index < -0.39 is 5.97 Å². The molecule has 0 aliphatic rings.